The number of nitrogens with one attached hydrogen (secondary N) is 1. The lowest BCUT2D eigenvalue weighted by Crippen LogP contribution is -2.09. The number of hydrogen-bond donors (Lipinski definition) is 1. The molecule has 0 atom stereocenters. The predicted octanol–water partition coefficient (Wildman–Crippen LogP) is 3.51. The molecule has 0 unspecified atom stereocenters. The van der Waals surface area contributed by atoms with Gasteiger partial charge in [-0.1, -0.05) is 11.8 Å². The van der Waals surface area contributed by atoms with Crippen LogP contribution in [0.1, 0.15) is 37.2 Å². The summed E-state index contributed by atoms with van der Waals surface area (Å²) in [6.45, 7) is 5.55. The lowest BCUT2D eigenvalue weighted by atomic mass is 10.1. The molecule has 1 N–H and O–H groups in total. The molecule has 24 heavy (non-hydrogen) atoms. The number of Topliss-reactive ketones (excluding diaryl/α,β-unsaturated/α-hetero) is 1. The third kappa shape index (κ3) is 4.61. The zero-order valence-electron chi connectivity index (χ0n) is 14.1. The molecule has 0 fully saturated rings. The Morgan fingerprint density at radius 1 is 1.33 bits per heavy atom. The fourth-order valence-corrected chi connectivity index (χ4v) is 3.58. The van der Waals surface area contributed by atoms with Crippen molar-refractivity contribution < 1.29 is 9.59 Å². The quantitative estimate of drug-likeness (QED) is 0.598. The topological polar surface area (TPSA) is 76.9 Å². The van der Waals surface area contributed by atoms with E-state index in [1.807, 2.05) is 30.7 Å². The van der Waals surface area contributed by atoms with Crippen molar-refractivity contribution in [2.45, 2.75) is 36.9 Å². The van der Waals surface area contributed by atoms with Crippen LogP contribution in [0.3, 0.4) is 0 Å². The van der Waals surface area contributed by atoms with Crippen LogP contribution in [0, 0.1) is 0 Å². The van der Waals surface area contributed by atoms with E-state index in [1.54, 1.807) is 18.5 Å². The highest BCUT2D eigenvalue weighted by Gasteiger charge is 2.14. The van der Waals surface area contributed by atoms with Crippen molar-refractivity contribution in [3.8, 4) is 0 Å². The number of rotatable bonds is 7. The first kappa shape index (κ1) is 18.5. The maximum atomic E-state index is 12.4. The molecule has 1 aromatic carbocycles. The van der Waals surface area contributed by atoms with E-state index in [-0.39, 0.29) is 17.7 Å². The molecule has 8 heteroatoms. The zero-order chi connectivity index (χ0) is 17.7. The van der Waals surface area contributed by atoms with Gasteiger partial charge in [0.1, 0.15) is 6.33 Å². The average molecular weight is 364 g/mol. The Morgan fingerprint density at radius 2 is 2.08 bits per heavy atom. The molecule has 6 nitrogen and oxygen atoms in total. The Morgan fingerprint density at radius 3 is 2.71 bits per heavy atom. The first-order valence-electron chi connectivity index (χ1n) is 7.43. The van der Waals surface area contributed by atoms with Gasteiger partial charge in [0.25, 0.3) is 0 Å². The maximum absolute atomic E-state index is 12.4. The van der Waals surface area contributed by atoms with Crippen molar-refractivity contribution >= 4 is 40.9 Å². The summed E-state index contributed by atoms with van der Waals surface area (Å²) in [6, 6.07) is 5.56. The van der Waals surface area contributed by atoms with Crippen LogP contribution in [0.15, 0.2) is 34.6 Å². The smallest absolute Gasteiger partial charge is 0.221 e. The number of hydrogen-bond acceptors (Lipinski definition) is 6. The van der Waals surface area contributed by atoms with Crippen molar-refractivity contribution in [1.82, 2.24) is 14.8 Å². The van der Waals surface area contributed by atoms with Crippen LogP contribution in [0.25, 0.3) is 0 Å². The number of benzene rings is 1. The van der Waals surface area contributed by atoms with E-state index in [9.17, 15) is 9.59 Å². The van der Waals surface area contributed by atoms with Crippen molar-refractivity contribution in [3.63, 3.8) is 0 Å². The van der Waals surface area contributed by atoms with Crippen molar-refractivity contribution in [2.75, 3.05) is 17.3 Å². The second-order valence-corrected chi connectivity index (χ2v) is 7.21. The molecule has 0 aliphatic carbocycles. The van der Waals surface area contributed by atoms with Crippen LogP contribution < -0.4 is 5.32 Å². The lowest BCUT2D eigenvalue weighted by molar-refractivity contribution is -0.114. The number of carbonyl (C=O) groups excluding carboxylic acids is 2. The van der Waals surface area contributed by atoms with Crippen LogP contribution in [-0.4, -0.2) is 38.5 Å². The van der Waals surface area contributed by atoms with Gasteiger partial charge < -0.3 is 9.88 Å². The minimum Gasteiger partial charge on any atom is -0.325 e. The number of amides is 1. The van der Waals surface area contributed by atoms with E-state index >= 15 is 0 Å². The van der Waals surface area contributed by atoms with Crippen molar-refractivity contribution in [1.29, 1.82) is 0 Å². The monoisotopic (exact) mass is 364 g/mol. The van der Waals surface area contributed by atoms with Gasteiger partial charge in [-0.25, -0.2) is 0 Å². The number of anilines is 1. The van der Waals surface area contributed by atoms with Gasteiger partial charge in [0.15, 0.2) is 10.9 Å². The molecule has 0 saturated heterocycles. The van der Waals surface area contributed by atoms with Crippen molar-refractivity contribution in [3.05, 3.63) is 30.1 Å². The highest BCUT2D eigenvalue weighted by molar-refractivity contribution is 7.99. The third-order valence-corrected chi connectivity index (χ3v) is 5.00. The molecule has 0 aliphatic heterocycles. The van der Waals surface area contributed by atoms with Gasteiger partial charge in [0.2, 0.25) is 5.91 Å². The Hall–Kier alpha value is -1.80. The lowest BCUT2D eigenvalue weighted by Gasteiger charge is -2.11. The van der Waals surface area contributed by atoms with Crippen molar-refractivity contribution in [2.24, 2.45) is 0 Å². The summed E-state index contributed by atoms with van der Waals surface area (Å²) in [4.78, 5) is 24.5. The normalized spacial score (nSPS) is 10.9. The number of thioether (sulfide) groups is 2. The minimum atomic E-state index is -0.132. The summed E-state index contributed by atoms with van der Waals surface area (Å²) in [6.07, 6.45) is 3.58. The van der Waals surface area contributed by atoms with E-state index in [2.05, 4.69) is 15.5 Å². The summed E-state index contributed by atoms with van der Waals surface area (Å²) in [5.74, 6) is 0.176. The first-order chi connectivity index (χ1) is 11.4. The van der Waals surface area contributed by atoms with E-state index in [4.69, 9.17) is 0 Å². The Kier molecular flexibility index (Phi) is 6.44. The minimum absolute atomic E-state index is 0.0166. The Bertz CT molecular complexity index is 743. The van der Waals surface area contributed by atoms with Gasteiger partial charge in [-0.3, -0.25) is 9.59 Å². The molecule has 2 aromatic rings. The van der Waals surface area contributed by atoms with Gasteiger partial charge in [-0.05, 0) is 38.3 Å². The summed E-state index contributed by atoms with van der Waals surface area (Å²) < 4.78 is 1.94. The summed E-state index contributed by atoms with van der Waals surface area (Å²) in [5.41, 5.74) is 1.34. The molecule has 0 spiro atoms. The zero-order valence-corrected chi connectivity index (χ0v) is 15.7. The van der Waals surface area contributed by atoms with E-state index in [1.165, 1.54) is 30.4 Å². The Balaban J connectivity index is 2.09. The molecule has 0 aliphatic rings. The molecular formula is C16H20N4O2S2. The molecule has 1 heterocycles. The fraction of sp³-hybridized carbons (Fsp3) is 0.375. The van der Waals surface area contributed by atoms with Crippen LogP contribution >= 0.6 is 23.5 Å². The van der Waals surface area contributed by atoms with Crippen LogP contribution in [-0.2, 0) is 4.79 Å². The van der Waals surface area contributed by atoms with Gasteiger partial charge >= 0.3 is 0 Å². The van der Waals surface area contributed by atoms with Gasteiger partial charge in [0, 0.05) is 23.4 Å². The largest absolute Gasteiger partial charge is 0.325 e. The van der Waals surface area contributed by atoms with E-state index in [0.717, 1.165) is 15.7 Å². The Labute approximate surface area is 149 Å². The van der Waals surface area contributed by atoms with Gasteiger partial charge in [-0.2, -0.15) is 0 Å². The summed E-state index contributed by atoms with van der Waals surface area (Å²) in [7, 11) is 0. The number of aromatic nitrogens is 3. The summed E-state index contributed by atoms with van der Waals surface area (Å²) >= 11 is 2.87. The maximum Gasteiger partial charge on any atom is 0.221 e. The van der Waals surface area contributed by atoms with E-state index < -0.39 is 0 Å². The SMILES string of the molecule is CSc1cc(C(=O)CSc2nncn2C(C)C)ccc1NC(C)=O. The highest BCUT2D eigenvalue weighted by atomic mass is 32.2. The number of nitrogens with zero attached hydrogens (tertiary/aromatic N) is 3. The summed E-state index contributed by atoms with van der Waals surface area (Å²) in [5, 5.41) is 11.5. The molecule has 128 valence electrons. The molecule has 2 rings (SSSR count). The second-order valence-electron chi connectivity index (χ2n) is 5.42. The van der Waals surface area contributed by atoms with E-state index in [0.29, 0.717) is 11.3 Å². The molecule has 1 aromatic heterocycles. The molecular weight excluding hydrogens is 344 g/mol. The highest BCUT2D eigenvalue weighted by Crippen LogP contribution is 2.28. The number of carbonyl (C=O) groups is 2. The molecule has 0 radical (unpaired) electrons. The van der Waals surface area contributed by atoms with Gasteiger partial charge in [-0.15, -0.1) is 22.0 Å². The molecule has 1 amide bonds. The van der Waals surface area contributed by atoms with Crippen LogP contribution in [0.2, 0.25) is 0 Å². The fourth-order valence-electron chi connectivity index (χ4n) is 2.06. The molecule has 0 saturated carbocycles. The average Bonchev–Trinajstić information content (AvgIpc) is 3.01. The standard InChI is InChI=1S/C16H20N4O2S2/c1-10(2)20-9-17-19-16(20)24-8-14(22)12-5-6-13(18-11(3)21)15(7-12)23-4/h5-7,9-10H,8H2,1-4H3,(H,18,21). The van der Waals surface area contributed by atoms with Crippen LogP contribution in [0.4, 0.5) is 5.69 Å². The molecule has 0 bridgehead atoms. The number of ketones is 1. The third-order valence-electron chi connectivity index (χ3n) is 3.26. The van der Waals surface area contributed by atoms with Crippen LogP contribution in [0.5, 0.6) is 0 Å². The second kappa shape index (κ2) is 8.34. The van der Waals surface area contributed by atoms with Gasteiger partial charge in [0.05, 0.1) is 11.4 Å². The predicted molar refractivity (Wildman–Crippen MR) is 98.0 cm³/mol. The first-order valence-corrected chi connectivity index (χ1v) is 9.64.